The maximum atomic E-state index is 14.1. The third-order valence-electron chi connectivity index (χ3n) is 3.54. The summed E-state index contributed by atoms with van der Waals surface area (Å²) >= 11 is 0. The first-order chi connectivity index (χ1) is 9.49. The molecule has 3 nitrogen and oxygen atoms in total. The number of phenolic OH excluding ortho intramolecular Hbond substituents is 1. The Bertz CT molecular complexity index is 476. The third-order valence-corrected chi connectivity index (χ3v) is 3.54. The average Bonchev–Trinajstić information content (AvgIpc) is 2.37. The lowest BCUT2D eigenvalue weighted by Crippen LogP contribution is -2.45. The molecule has 0 spiro atoms. The molecule has 20 heavy (non-hydrogen) atoms. The van der Waals surface area contributed by atoms with Gasteiger partial charge in [-0.05, 0) is 13.3 Å². The molecule has 0 radical (unpaired) electrons. The molecule has 0 bridgehead atoms. The molecular weight excluding hydrogens is 262 g/mol. The van der Waals surface area contributed by atoms with Crippen molar-refractivity contribution < 1.29 is 13.9 Å². The van der Waals surface area contributed by atoms with E-state index in [1.807, 2.05) is 6.92 Å². The normalized spacial score (nSPS) is 17.9. The predicted octanol–water partition coefficient (Wildman–Crippen LogP) is 2.58. The highest BCUT2D eigenvalue weighted by Gasteiger charge is 2.27. The van der Waals surface area contributed by atoms with E-state index >= 15 is 0 Å². The number of benzene rings is 1. The van der Waals surface area contributed by atoms with Crippen LogP contribution in [0.3, 0.4) is 0 Å². The lowest BCUT2D eigenvalue weighted by atomic mass is 9.96. The quantitative estimate of drug-likeness (QED) is 0.833. The first kappa shape index (κ1) is 14.9. The van der Waals surface area contributed by atoms with Crippen LogP contribution in [0.2, 0.25) is 0 Å². The Hall–Kier alpha value is -1.46. The van der Waals surface area contributed by atoms with Crippen molar-refractivity contribution in [2.75, 3.05) is 26.2 Å². The van der Waals surface area contributed by atoms with Crippen LogP contribution in [0.15, 0.2) is 24.3 Å². The number of hydrogen-bond acceptors (Lipinski definition) is 3. The summed E-state index contributed by atoms with van der Waals surface area (Å²) in [5.74, 6) is -1.79. The van der Waals surface area contributed by atoms with Gasteiger partial charge in [0.05, 0.1) is 0 Å². The molecule has 1 atom stereocenters. The molecule has 2 rings (SSSR count). The number of phenols is 1. The summed E-state index contributed by atoms with van der Waals surface area (Å²) in [6.45, 7) is 8.89. The fourth-order valence-corrected chi connectivity index (χ4v) is 2.64. The van der Waals surface area contributed by atoms with Crippen LogP contribution in [0, 0.1) is 11.6 Å². The largest absolute Gasteiger partial charge is 0.507 e. The monoisotopic (exact) mass is 282 g/mol. The van der Waals surface area contributed by atoms with Gasteiger partial charge in [0.25, 0.3) is 0 Å². The lowest BCUT2D eigenvalue weighted by molar-refractivity contribution is 0.166. The highest BCUT2D eigenvalue weighted by atomic mass is 19.1. The molecule has 0 amide bonds. The molecule has 1 fully saturated rings. The zero-order chi connectivity index (χ0) is 14.7. The van der Waals surface area contributed by atoms with Crippen molar-refractivity contribution in [3.05, 3.63) is 41.5 Å². The standard InChI is InChI=1S/C15H20F2N2O/c1-10(2)7-13(19-5-3-18-4-6-19)15-12(17)8-11(16)9-14(15)20/h8-9,13,18,20H,1,3-7H2,2H3/t13-/m0/s1. The summed E-state index contributed by atoms with van der Waals surface area (Å²) in [6.07, 6.45) is 0.538. The van der Waals surface area contributed by atoms with E-state index in [4.69, 9.17) is 0 Å². The molecule has 1 aromatic rings. The van der Waals surface area contributed by atoms with Crippen LogP contribution in [0.4, 0.5) is 8.78 Å². The van der Waals surface area contributed by atoms with Gasteiger partial charge in [0.15, 0.2) is 0 Å². The van der Waals surface area contributed by atoms with Crippen molar-refractivity contribution >= 4 is 0 Å². The molecule has 1 heterocycles. The molecule has 1 aliphatic heterocycles. The van der Waals surface area contributed by atoms with Crippen molar-refractivity contribution in [2.24, 2.45) is 0 Å². The summed E-state index contributed by atoms with van der Waals surface area (Å²) in [5, 5.41) is 13.2. The summed E-state index contributed by atoms with van der Waals surface area (Å²) in [6, 6.07) is 1.48. The van der Waals surface area contributed by atoms with E-state index < -0.39 is 11.6 Å². The van der Waals surface area contributed by atoms with Crippen molar-refractivity contribution in [1.82, 2.24) is 10.2 Å². The Balaban J connectivity index is 2.37. The molecule has 110 valence electrons. The maximum absolute atomic E-state index is 14.1. The zero-order valence-corrected chi connectivity index (χ0v) is 11.6. The summed E-state index contributed by atoms with van der Waals surface area (Å²) in [5.41, 5.74) is 1.06. The van der Waals surface area contributed by atoms with Gasteiger partial charge in [0.2, 0.25) is 0 Å². The third kappa shape index (κ3) is 3.35. The van der Waals surface area contributed by atoms with Gasteiger partial charge in [-0.15, -0.1) is 6.58 Å². The van der Waals surface area contributed by atoms with Gasteiger partial charge in [-0.1, -0.05) is 5.57 Å². The van der Waals surface area contributed by atoms with Crippen LogP contribution >= 0.6 is 0 Å². The highest BCUT2D eigenvalue weighted by molar-refractivity contribution is 5.37. The van der Waals surface area contributed by atoms with Gasteiger partial charge in [0.1, 0.15) is 17.4 Å². The Morgan fingerprint density at radius 3 is 2.60 bits per heavy atom. The molecule has 0 saturated carbocycles. The van der Waals surface area contributed by atoms with E-state index in [0.717, 1.165) is 43.9 Å². The summed E-state index contributed by atoms with van der Waals surface area (Å²) in [7, 11) is 0. The second-order valence-electron chi connectivity index (χ2n) is 5.28. The van der Waals surface area contributed by atoms with Gasteiger partial charge >= 0.3 is 0 Å². The first-order valence-electron chi connectivity index (χ1n) is 6.76. The van der Waals surface area contributed by atoms with Crippen LogP contribution in [-0.4, -0.2) is 36.2 Å². The van der Waals surface area contributed by atoms with Crippen molar-refractivity contribution in [1.29, 1.82) is 0 Å². The minimum Gasteiger partial charge on any atom is -0.507 e. The molecular formula is C15H20F2N2O. The number of nitrogens with one attached hydrogen (secondary N) is 1. The maximum Gasteiger partial charge on any atom is 0.134 e. The number of piperazine rings is 1. The summed E-state index contributed by atoms with van der Waals surface area (Å²) < 4.78 is 27.2. The number of nitrogens with zero attached hydrogens (tertiary/aromatic N) is 1. The first-order valence-corrected chi connectivity index (χ1v) is 6.76. The highest BCUT2D eigenvalue weighted by Crippen LogP contribution is 2.35. The van der Waals surface area contributed by atoms with Crippen LogP contribution in [0.1, 0.15) is 24.9 Å². The Morgan fingerprint density at radius 1 is 1.40 bits per heavy atom. The van der Waals surface area contributed by atoms with Gasteiger partial charge in [-0.25, -0.2) is 8.78 Å². The van der Waals surface area contributed by atoms with E-state index in [0.29, 0.717) is 6.42 Å². The molecule has 1 aliphatic rings. The minimum atomic E-state index is -0.766. The van der Waals surface area contributed by atoms with Gasteiger partial charge in [0, 0.05) is 49.9 Å². The van der Waals surface area contributed by atoms with Crippen molar-refractivity contribution in [3.8, 4) is 5.75 Å². The van der Waals surface area contributed by atoms with E-state index in [-0.39, 0.29) is 17.4 Å². The Labute approximate surface area is 117 Å². The van der Waals surface area contributed by atoms with Crippen LogP contribution in [-0.2, 0) is 0 Å². The zero-order valence-electron chi connectivity index (χ0n) is 11.6. The van der Waals surface area contributed by atoms with Gasteiger partial charge in [-0.3, -0.25) is 4.90 Å². The minimum absolute atomic E-state index is 0.163. The number of aromatic hydroxyl groups is 1. The molecule has 0 unspecified atom stereocenters. The average molecular weight is 282 g/mol. The van der Waals surface area contributed by atoms with E-state index in [1.54, 1.807) is 0 Å². The van der Waals surface area contributed by atoms with Crippen LogP contribution in [0.5, 0.6) is 5.75 Å². The topological polar surface area (TPSA) is 35.5 Å². The molecule has 5 heteroatoms. The fraction of sp³-hybridized carbons (Fsp3) is 0.467. The number of hydrogen-bond donors (Lipinski definition) is 2. The van der Waals surface area contributed by atoms with Crippen molar-refractivity contribution in [3.63, 3.8) is 0 Å². The van der Waals surface area contributed by atoms with E-state index in [2.05, 4.69) is 16.8 Å². The van der Waals surface area contributed by atoms with Gasteiger partial charge < -0.3 is 10.4 Å². The second kappa shape index (κ2) is 6.33. The summed E-state index contributed by atoms with van der Waals surface area (Å²) in [4.78, 5) is 2.10. The van der Waals surface area contributed by atoms with Gasteiger partial charge in [-0.2, -0.15) is 0 Å². The van der Waals surface area contributed by atoms with E-state index in [1.165, 1.54) is 0 Å². The van der Waals surface area contributed by atoms with Crippen LogP contribution in [0.25, 0.3) is 0 Å². The Morgan fingerprint density at radius 2 is 2.05 bits per heavy atom. The van der Waals surface area contributed by atoms with Crippen LogP contribution < -0.4 is 5.32 Å². The SMILES string of the molecule is C=C(C)C[C@@H](c1c(O)cc(F)cc1F)N1CCNCC1. The molecule has 0 aliphatic carbocycles. The Kier molecular flexibility index (Phi) is 4.73. The molecule has 0 aromatic heterocycles. The second-order valence-corrected chi connectivity index (χ2v) is 5.28. The fourth-order valence-electron chi connectivity index (χ4n) is 2.64. The number of halogens is 2. The molecule has 1 aromatic carbocycles. The number of rotatable bonds is 4. The smallest absolute Gasteiger partial charge is 0.134 e. The molecule has 2 N–H and O–H groups in total. The molecule has 1 saturated heterocycles. The lowest BCUT2D eigenvalue weighted by Gasteiger charge is -2.35. The predicted molar refractivity (Wildman–Crippen MR) is 74.6 cm³/mol. The van der Waals surface area contributed by atoms with Crippen molar-refractivity contribution in [2.45, 2.75) is 19.4 Å². The van der Waals surface area contributed by atoms with E-state index in [9.17, 15) is 13.9 Å².